The lowest BCUT2D eigenvalue weighted by atomic mass is 10.1. The summed E-state index contributed by atoms with van der Waals surface area (Å²) >= 11 is 0. The normalized spacial score (nSPS) is 10.4. The molecule has 2 N–H and O–H groups in total. The molecular formula is C17H15NO4. The van der Waals surface area contributed by atoms with Gasteiger partial charge in [-0.3, -0.25) is 4.79 Å². The van der Waals surface area contributed by atoms with Crippen LogP contribution in [-0.4, -0.2) is 19.0 Å². The topological polar surface area (TPSA) is 78.6 Å². The highest BCUT2D eigenvalue weighted by Gasteiger charge is 2.14. The molecule has 2 aromatic carbocycles. The van der Waals surface area contributed by atoms with Crippen molar-refractivity contribution in [2.75, 3.05) is 7.11 Å². The van der Waals surface area contributed by atoms with Crippen LogP contribution in [0.4, 0.5) is 0 Å². The standard InChI is InChI=1S/C17H15NO4/c1-21-16-12(10-11-15(18)19)8-5-9-14(16)22-17(20)13-6-3-2-4-7-13/h2-11H,1H3,(H2,18,19). The number of ether oxygens (including phenoxy) is 2. The predicted molar refractivity (Wildman–Crippen MR) is 82.6 cm³/mol. The number of hydrogen-bond donors (Lipinski definition) is 1. The average Bonchev–Trinajstić information content (AvgIpc) is 2.53. The van der Waals surface area contributed by atoms with Gasteiger partial charge >= 0.3 is 5.97 Å². The van der Waals surface area contributed by atoms with Crippen molar-refractivity contribution in [3.05, 3.63) is 65.7 Å². The molecule has 2 rings (SSSR count). The van der Waals surface area contributed by atoms with Gasteiger partial charge in [0.15, 0.2) is 11.5 Å². The molecule has 2 aromatic rings. The van der Waals surface area contributed by atoms with Gasteiger partial charge in [-0.2, -0.15) is 0 Å². The minimum absolute atomic E-state index is 0.267. The third kappa shape index (κ3) is 3.73. The van der Waals surface area contributed by atoms with Crippen molar-refractivity contribution in [1.82, 2.24) is 0 Å². The van der Waals surface area contributed by atoms with Gasteiger partial charge in [0.05, 0.1) is 12.7 Å². The van der Waals surface area contributed by atoms with E-state index in [4.69, 9.17) is 15.2 Å². The first-order valence-corrected chi connectivity index (χ1v) is 6.53. The average molecular weight is 297 g/mol. The molecule has 5 heteroatoms. The van der Waals surface area contributed by atoms with Crippen LogP contribution >= 0.6 is 0 Å². The number of carbonyl (C=O) groups excluding carboxylic acids is 2. The molecule has 0 aliphatic heterocycles. The van der Waals surface area contributed by atoms with Crippen LogP contribution in [0.3, 0.4) is 0 Å². The lowest BCUT2D eigenvalue weighted by Gasteiger charge is -2.11. The maximum absolute atomic E-state index is 12.1. The molecule has 1 amide bonds. The summed E-state index contributed by atoms with van der Waals surface area (Å²) in [6.45, 7) is 0. The highest BCUT2D eigenvalue weighted by Crippen LogP contribution is 2.32. The molecule has 0 bridgehead atoms. The van der Waals surface area contributed by atoms with Crippen LogP contribution in [0.5, 0.6) is 11.5 Å². The minimum Gasteiger partial charge on any atom is -0.492 e. The van der Waals surface area contributed by atoms with Gasteiger partial charge in [0.2, 0.25) is 5.91 Å². The van der Waals surface area contributed by atoms with E-state index >= 15 is 0 Å². The number of methoxy groups -OCH3 is 1. The number of hydrogen-bond acceptors (Lipinski definition) is 4. The van der Waals surface area contributed by atoms with Crippen molar-refractivity contribution < 1.29 is 19.1 Å². The zero-order valence-corrected chi connectivity index (χ0v) is 12.0. The third-order valence-electron chi connectivity index (χ3n) is 2.85. The molecule has 0 saturated heterocycles. The second kappa shape index (κ2) is 7.08. The Labute approximate surface area is 128 Å². The number of para-hydroxylation sites is 1. The molecule has 0 fully saturated rings. The molecule has 22 heavy (non-hydrogen) atoms. The number of rotatable bonds is 5. The number of benzene rings is 2. The summed E-state index contributed by atoms with van der Waals surface area (Å²) in [5.74, 6) is -0.448. The van der Waals surface area contributed by atoms with Gasteiger partial charge in [0.25, 0.3) is 0 Å². The van der Waals surface area contributed by atoms with Crippen LogP contribution in [-0.2, 0) is 4.79 Å². The van der Waals surface area contributed by atoms with E-state index in [-0.39, 0.29) is 5.75 Å². The number of esters is 1. The molecule has 0 atom stereocenters. The molecule has 0 aliphatic rings. The van der Waals surface area contributed by atoms with Crippen molar-refractivity contribution in [2.45, 2.75) is 0 Å². The maximum Gasteiger partial charge on any atom is 0.343 e. The van der Waals surface area contributed by atoms with Crippen LogP contribution in [0.15, 0.2) is 54.6 Å². The Morgan fingerprint density at radius 2 is 1.77 bits per heavy atom. The summed E-state index contributed by atoms with van der Waals surface area (Å²) in [5.41, 5.74) is 6.09. The summed E-state index contributed by atoms with van der Waals surface area (Å²) in [6.07, 6.45) is 2.71. The van der Waals surface area contributed by atoms with Crippen molar-refractivity contribution in [2.24, 2.45) is 5.73 Å². The van der Waals surface area contributed by atoms with Crippen LogP contribution < -0.4 is 15.2 Å². The highest BCUT2D eigenvalue weighted by atomic mass is 16.6. The van der Waals surface area contributed by atoms with Crippen molar-refractivity contribution >= 4 is 18.0 Å². The second-order valence-electron chi connectivity index (χ2n) is 4.37. The SMILES string of the molecule is COc1c(C=CC(N)=O)cccc1OC(=O)c1ccccc1. The Morgan fingerprint density at radius 3 is 2.41 bits per heavy atom. The molecule has 0 saturated carbocycles. The van der Waals surface area contributed by atoms with E-state index in [1.54, 1.807) is 42.5 Å². The summed E-state index contributed by atoms with van der Waals surface area (Å²) < 4.78 is 10.6. The molecule has 0 unspecified atom stereocenters. The quantitative estimate of drug-likeness (QED) is 0.522. The van der Waals surface area contributed by atoms with Crippen LogP contribution in [0.2, 0.25) is 0 Å². The fourth-order valence-electron chi connectivity index (χ4n) is 1.87. The van der Waals surface area contributed by atoms with Crippen molar-refractivity contribution in [1.29, 1.82) is 0 Å². The fraction of sp³-hybridized carbons (Fsp3) is 0.0588. The summed E-state index contributed by atoms with van der Waals surface area (Å²) in [5, 5.41) is 0. The van der Waals surface area contributed by atoms with E-state index in [0.717, 1.165) is 0 Å². The van der Waals surface area contributed by atoms with E-state index in [9.17, 15) is 9.59 Å². The van der Waals surface area contributed by atoms with E-state index in [1.165, 1.54) is 19.3 Å². The molecule has 5 nitrogen and oxygen atoms in total. The number of amides is 1. The smallest absolute Gasteiger partial charge is 0.343 e. The highest BCUT2D eigenvalue weighted by molar-refractivity contribution is 5.92. The van der Waals surface area contributed by atoms with Crippen molar-refractivity contribution in [3.63, 3.8) is 0 Å². The first-order valence-electron chi connectivity index (χ1n) is 6.53. The van der Waals surface area contributed by atoms with Gasteiger partial charge in [0.1, 0.15) is 0 Å². The first-order chi connectivity index (χ1) is 10.6. The second-order valence-corrected chi connectivity index (χ2v) is 4.37. The minimum atomic E-state index is -0.575. The molecular weight excluding hydrogens is 282 g/mol. The zero-order chi connectivity index (χ0) is 15.9. The van der Waals surface area contributed by atoms with E-state index in [2.05, 4.69) is 0 Å². The lowest BCUT2D eigenvalue weighted by molar-refractivity contribution is -0.113. The molecule has 0 heterocycles. The van der Waals surface area contributed by atoms with Gasteiger partial charge in [-0.15, -0.1) is 0 Å². The van der Waals surface area contributed by atoms with Gasteiger partial charge in [-0.1, -0.05) is 30.3 Å². The Kier molecular flexibility index (Phi) is 4.93. The van der Waals surface area contributed by atoms with Gasteiger partial charge in [0, 0.05) is 11.6 Å². The molecule has 112 valence electrons. The third-order valence-corrected chi connectivity index (χ3v) is 2.85. The summed E-state index contributed by atoms with van der Waals surface area (Å²) in [7, 11) is 1.46. The van der Waals surface area contributed by atoms with E-state index in [0.29, 0.717) is 16.9 Å². The first kappa shape index (κ1) is 15.3. The number of primary amides is 1. The Bertz CT molecular complexity index is 708. The van der Waals surface area contributed by atoms with Crippen LogP contribution in [0.25, 0.3) is 6.08 Å². The molecule has 0 aliphatic carbocycles. The predicted octanol–water partition coefficient (Wildman–Crippen LogP) is 2.41. The van der Waals surface area contributed by atoms with Crippen LogP contribution in [0.1, 0.15) is 15.9 Å². The van der Waals surface area contributed by atoms with Crippen LogP contribution in [0, 0.1) is 0 Å². The zero-order valence-electron chi connectivity index (χ0n) is 12.0. The van der Waals surface area contributed by atoms with Gasteiger partial charge in [-0.05, 0) is 24.3 Å². The monoisotopic (exact) mass is 297 g/mol. The fourth-order valence-corrected chi connectivity index (χ4v) is 1.87. The van der Waals surface area contributed by atoms with E-state index < -0.39 is 11.9 Å². The van der Waals surface area contributed by atoms with E-state index in [1.807, 2.05) is 6.07 Å². The van der Waals surface area contributed by atoms with Gasteiger partial charge in [-0.25, -0.2) is 4.79 Å². The molecule has 0 radical (unpaired) electrons. The Balaban J connectivity index is 2.29. The van der Waals surface area contributed by atoms with Crippen molar-refractivity contribution in [3.8, 4) is 11.5 Å². The molecule has 0 aromatic heterocycles. The largest absolute Gasteiger partial charge is 0.492 e. The summed E-state index contributed by atoms with van der Waals surface area (Å²) in [6, 6.07) is 13.7. The maximum atomic E-state index is 12.1. The Morgan fingerprint density at radius 1 is 1.05 bits per heavy atom. The number of nitrogens with two attached hydrogens (primary N) is 1. The Hall–Kier alpha value is -3.08. The van der Waals surface area contributed by atoms with Gasteiger partial charge < -0.3 is 15.2 Å². The lowest BCUT2D eigenvalue weighted by Crippen LogP contribution is -2.09. The number of carbonyl (C=O) groups is 2. The summed E-state index contributed by atoms with van der Waals surface area (Å²) in [4.78, 5) is 22.9. The molecule has 0 spiro atoms.